The second-order valence-corrected chi connectivity index (χ2v) is 8.03. The van der Waals surface area contributed by atoms with Gasteiger partial charge < -0.3 is 4.90 Å². The predicted octanol–water partition coefficient (Wildman–Crippen LogP) is 0.829. The molecule has 1 saturated heterocycles. The molecule has 0 N–H and O–H groups in total. The molecule has 1 fully saturated rings. The molecule has 1 aromatic heterocycles. The van der Waals surface area contributed by atoms with Gasteiger partial charge in [-0.25, -0.2) is 8.42 Å². The molecule has 1 aromatic carbocycles. The summed E-state index contributed by atoms with van der Waals surface area (Å²) in [5, 5.41) is 12.9. The highest BCUT2D eigenvalue weighted by Gasteiger charge is 2.29. The van der Waals surface area contributed by atoms with E-state index in [0.29, 0.717) is 37.2 Å². The number of amides is 1. The third kappa shape index (κ3) is 3.61. The zero-order valence-electron chi connectivity index (χ0n) is 14.4. The Labute approximate surface area is 152 Å². The molecule has 2 heterocycles. The Kier molecular flexibility index (Phi) is 5.06. The summed E-state index contributed by atoms with van der Waals surface area (Å²) in [6.07, 6.45) is 3.34. The fourth-order valence-electron chi connectivity index (χ4n) is 2.92. The monoisotopic (exact) mass is 373 g/mol. The van der Waals surface area contributed by atoms with E-state index >= 15 is 0 Å². The fourth-order valence-corrected chi connectivity index (χ4v) is 4.38. The van der Waals surface area contributed by atoms with Crippen molar-refractivity contribution in [1.29, 1.82) is 5.26 Å². The zero-order valence-corrected chi connectivity index (χ0v) is 15.2. The molecule has 26 heavy (non-hydrogen) atoms. The second-order valence-electron chi connectivity index (χ2n) is 6.09. The van der Waals surface area contributed by atoms with E-state index in [1.54, 1.807) is 36.2 Å². The van der Waals surface area contributed by atoms with Crippen LogP contribution in [0.4, 0.5) is 0 Å². The normalized spacial score (nSPS) is 16.1. The van der Waals surface area contributed by atoms with Crippen molar-refractivity contribution in [3.8, 4) is 6.07 Å². The minimum Gasteiger partial charge on any atom is -0.337 e. The summed E-state index contributed by atoms with van der Waals surface area (Å²) in [5.41, 5.74) is 0.860. The number of carbonyl (C=O) groups excluding carboxylic acids is 1. The van der Waals surface area contributed by atoms with Crippen LogP contribution in [0.1, 0.15) is 22.3 Å². The summed E-state index contributed by atoms with van der Waals surface area (Å²) in [7, 11) is -1.96. The summed E-state index contributed by atoms with van der Waals surface area (Å²) in [4.78, 5) is 14.5. The van der Waals surface area contributed by atoms with Crippen LogP contribution in [-0.4, -0.2) is 59.5 Å². The highest BCUT2D eigenvalue weighted by Crippen LogP contribution is 2.18. The Bertz CT molecular complexity index is 961. The van der Waals surface area contributed by atoms with Gasteiger partial charge in [-0.1, -0.05) is 6.07 Å². The molecule has 0 bridgehead atoms. The van der Waals surface area contributed by atoms with E-state index in [2.05, 4.69) is 5.10 Å². The van der Waals surface area contributed by atoms with Crippen molar-refractivity contribution in [3.63, 3.8) is 0 Å². The van der Waals surface area contributed by atoms with Crippen molar-refractivity contribution in [2.24, 2.45) is 7.05 Å². The average molecular weight is 373 g/mol. The fraction of sp³-hybridized carbons (Fsp3) is 0.353. The number of nitrogens with zero attached hydrogens (tertiary/aromatic N) is 5. The second kappa shape index (κ2) is 7.27. The van der Waals surface area contributed by atoms with Crippen LogP contribution in [0.2, 0.25) is 0 Å². The van der Waals surface area contributed by atoms with E-state index in [0.717, 1.165) is 0 Å². The maximum absolute atomic E-state index is 12.7. The number of benzene rings is 1. The van der Waals surface area contributed by atoms with Crippen molar-refractivity contribution in [1.82, 2.24) is 19.0 Å². The van der Waals surface area contributed by atoms with Crippen molar-refractivity contribution < 1.29 is 13.2 Å². The number of carbonyl (C=O) groups is 1. The average Bonchev–Trinajstić information content (AvgIpc) is 2.94. The van der Waals surface area contributed by atoms with E-state index in [4.69, 9.17) is 5.26 Å². The molecule has 0 radical (unpaired) electrons. The molecule has 1 aliphatic rings. The van der Waals surface area contributed by atoms with Crippen LogP contribution in [-0.2, 0) is 17.1 Å². The molecule has 3 rings (SSSR count). The van der Waals surface area contributed by atoms with Crippen LogP contribution >= 0.6 is 0 Å². The van der Waals surface area contributed by atoms with Crippen LogP contribution in [0.25, 0.3) is 0 Å². The maximum atomic E-state index is 12.7. The number of rotatable bonds is 3. The molecule has 1 aliphatic heterocycles. The molecule has 0 spiro atoms. The van der Waals surface area contributed by atoms with Gasteiger partial charge in [0, 0.05) is 45.0 Å². The molecular formula is C17H19N5O3S. The standard InChI is InChI=1S/C17H19N5O3S/c1-20-13-16(12-19-20)26(24,25)22-7-3-6-21(8-9-22)17(23)15-5-2-4-14(10-15)11-18/h2,4-5,10,12-13H,3,6-9H2,1H3. The van der Waals surface area contributed by atoms with Crippen LogP contribution in [0.5, 0.6) is 0 Å². The lowest BCUT2D eigenvalue weighted by Crippen LogP contribution is -2.37. The Morgan fingerprint density at radius 2 is 2.04 bits per heavy atom. The van der Waals surface area contributed by atoms with Gasteiger partial charge in [0.1, 0.15) is 4.90 Å². The van der Waals surface area contributed by atoms with E-state index in [-0.39, 0.29) is 17.3 Å². The summed E-state index contributed by atoms with van der Waals surface area (Å²) in [6, 6.07) is 8.55. The first kappa shape index (κ1) is 18.1. The lowest BCUT2D eigenvalue weighted by molar-refractivity contribution is 0.0764. The Morgan fingerprint density at radius 1 is 1.23 bits per heavy atom. The summed E-state index contributed by atoms with van der Waals surface area (Å²) >= 11 is 0. The molecule has 2 aromatic rings. The third-order valence-corrected chi connectivity index (χ3v) is 6.15. The van der Waals surface area contributed by atoms with Crippen molar-refractivity contribution in [2.45, 2.75) is 11.3 Å². The number of hydrogen-bond acceptors (Lipinski definition) is 5. The number of aryl methyl sites for hydroxylation is 1. The van der Waals surface area contributed by atoms with Crippen molar-refractivity contribution in [2.75, 3.05) is 26.2 Å². The maximum Gasteiger partial charge on any atom is 0.253 e. The Hall–Kier alpha value is -2.70. The molecule has 9 heteroatoms. The topological polar surface area (TPSA) is 99.3 Å². The minimum absolute atomic E-state index is 0.154. The van der Waals surface area contributed by atoms with E-state index < -0.39 is 10.0 Å². The molecule has 1 amide bonds. The lowest BCUT2D eigenvalue weighted by Gasteiger charge is -2.21. The molecular weight excluding hydrogens is 354 g/mol. The van der Waals surface area contributed by atoms with Gasteiger partial charge in [0.15, 0.2) is 0 Å². The zero-order chi connectivity index (χ0) is 18.7. The number of nitriles is 1. The third-order valence-electron chi connectivity index (χ3n) is 4.30. The van der Waals surface area contributed by atoms with Gasteiger partial charge >= 0.3 is 0 Å². The quantitative estimate of drug-likeness (QED) is 0.793. The first-order valence-corrected chi connectivity index (χ1v) is 9.64. The minimum atomic E-state index is -3.62. The van der Waals surface area contributed by atoms with Gasteiger partial charge in [-0.2, -0.15) is 14.7 Å². The molecule has 0 saturated carbocycles. The summed E-state index contributed by atoms with van der Waals surface area (Å²) < 4.78 is 28.3. The van der Waals surface area contributed by atoms with Crippen LogP contribution in [0.15, 0.2) is 41.6 Å². The number of aromatic nitrogens is 2. The van der Waals surface area contributed by atoms with E-state index in [9.17, 15) is 13.2 Å². The van der Waals surface area contributed by atoms with Gasteiger partial charge in [-0.05, 0) is 24.6 Å². The molecule has 0 atom stereocenters. The van der Waals surface area contributed by atoms with Crippen LogP contribution in [0, 0.1) is 11.3 Å². The van der Waals surface area contributed by atoms with Crippen LogP contribution < -0.4 is 0 Å². The van der Waals surface area contributed by atoms with Crippen molar-refractivity contribution in [3.05, 3.63) is 47.8 Å². The Morgan fingerprint density at radius 3 is 2.73 bits per heavy atom. The molecule has 0 unspecified atom stereocenters. The first-order chi connectivity index (χ1) is 12.4. The van der Waals surface area contributed by atoms with Gasteiger partial charge in [0.2, 0.25) is 10.0 Å². The van der Waals surface area contributed by atoms with E-state index in [1.807, 2.05) is 6.07 Å². The van der Waals surface area contributed by atoms with Gasteiger partial charge in [0.05, 0.1) is 17.8 Å². The summed E-state index contributed by atoms with van der Waals surface area (Å²) in [6.45, 7) is 1.34. The summed E-state index contributed by atoms with van der Waals surface area (Å²) in [5.74, 6) is -0.192. The first-order valence-electron chi connectivity index (χ1n) is 8.20. The highest BCUT2D eigenvalue weighted by atomic mass is 32.2. The predicted molar refractivity (Wildman–Crippen MR) is 93.6 cm³/mol. The van der Waals surface area contributed by atoms with Gasteiger partial charge in [-0.3, -0.25) is 9.48 Å². The van der Waals surface area contributed by atoms with Crippen molar-refractivity contribution >= 4 is 15.9 Å². The molecule has 8 nitrogen and oxygen atoms in total. The van der Waals surface area contributed by atoms with Crippen LogP contribution in [0.3, 0.4) is 0 Å². The molecule has 136 valence electrons. The Balaban J connectivity index is 1.74. The number of hydrogen-bond donors (Lipinski definition) is 0. The largest absolute Gasteiger partial charge is 0.337 e. The smallest absolute Gasteiger partial charge is 0.253 e. The molecule has 0 aliphatic carbocycles. The number of sulfonamides is 1. The lowest BCUT2D eigenvalue weighted by atomic mass is 10.1. The van der Waals surface area contributed by atoms with Gasteiger partial charge in [0.25, 0.3) is 5.91 Å². The highest BCUT2D eigenvalue weighted by molar-refractivity contribution is 7.89. The van der Waals surface area contributed by atoms with E-state index in [1.165, 1.54) is 21.4 Å². The SMILES string of the molecule is Cn1cc(S(=O)(=O)N2CCCN(C(=O)c3cccc(C#N)c3)CC2)cn1. The van der Waals surface area contributed by atoms with Gasteiger partial charge in [-0.15, -0.1) is 0 Å².